The number of hydrogen-bond donors (Lipinski definition) is 3. The van der Waals surface area contributed by atoms with Crippen molar-refractivity contribution in [1.82, 2.24) is 9.97 Å². The largest absolute Gasteiger partial charge is 0.391 e. The molecular weight excluding hydrogens is 180 g/mol. The zero-order valence-electron chi connectivity index (χ0n) is 8.44. The Morgan fingerprint density at radius 3 is 2.86 bits per heavy atom. The van der Waals surface area contributed by atoms with Gasteiger partial charge in [0.15, 0.2) is 0 Å². The van der Waals surface area contributed by atoms with Crippen LogP contribution in [0.25, 0.3) is 0 Å². The number of nitrogens with one attached hydrogen (secondary N) is 1. The minimum Gasteiger partial charge on any atom is -0.391 e. The van der Waals surface area contributed by atoms with Crippen molar-refractivity contribution in [2.45, 2.75) is 32.4 Å². The van der Waals surface area contributed by atoms with Crippen LogP contribution in [0, 0.1) is 0 Å². The predicted octanol–water partition coefficient (Wildman–Crippen LogP) is 0.630. The lowest BCUT2D eigenvalue weighted by Crippen LogP contribution is -2.31. The maximum absolute atomic E-state index is 9.39. The van der Waals surface area contributed by atoms with E-state index in [4.69, 9.17) is 5.73 Å². The second kappa shape index (κ2) is 4.76. The van der Waals surface area contributed by atoms with E-state index in [1.165, 1.54) is 0 Å². The maximum atomic E-state index is 9.39. The summed E-state index contributed by atoms with van der Waals surface area (Å²) < 4.78 is 0. The first-order valence-corrected chi connectivity index (χ1v) is 4.66. The van der Waals surface area contributed by atoms with Crippen LogP contribution in [0.4, 0.5) is 11.8 Å². The van der Waals surface area contributed by atoms with Crippen LogP contribution in [-0.2, 0) is 0 Å². The van der Waals surface area contributed by atoms with Crippen molar-refractivity contribution < 1.29 is 5.11 Å². The van der Waals surface area contributed by atoms with E-state index >= 15 is 0 Å². The molecule has 2 atom stereocenters. The second-order valence-electron chi connectivity index (χ2n) is 3.20. The fourth-order valence-corrected chi connectivity index (χ4v) is 1.17. The van der Waals surface area contributed by atoms with Gasteiger partial charge in [-0.3, -0.25) is 0 Å². The standard InChI is InChI=1S/C9H16N4O/c1-3-7(6(2)14)12-9-11-5-4-8(10)13-9/h4-7,14H,3H2,1-2H3,(H3,10,11,12,13). The molecule has 0 aromatic carbocycles. The van der Waals surface area contributed by atoms with Gasteiger partial charge in [-0.25, -0.2) is 4.98 Å². The van der Waals surface area contributed by atoms with Crippen molar-refractivity contribution in [2.75, 3.05) is 11.1 Å². The molecule has 14 heavy (non-hydrogen) atoms. The molecule has 0 aliphatic heterocycles. The number of aromatic nitrogens is 2. The zero-order valence-corrected chi connectivity index (χ0v) is 8.44. The van der Waals surface area contributed by atoms with Crippen LogP contribution in [0.15, 0.2) is 12.3 Å². The maximum Gasteiger partial charge on any atom is 0.224 e. The number of anilines is 2. The quantitative estimate of drug-likeness (QED) is 0.657. The van der Waals surface area contributed by atoms with Gasteiger partial charge in [0.25, 0.3) is 0 Å². The van der Waals surface area contributed by atoms with E-state index in [1.807, 2.05) is 6.92 Å². The van der Waals surface area contributed by atoms with Gasteiger partial charge in [-0.05, 0) is 19.4 Å². The number of rotatable bonds is 4. The lowest BCUT2D eigenvalue weighted by Gasteiger charge is -2.19. The Morgan fingerprint density at radius 1 is 1.64 bits per heavy atom. The average molecular weight is 196 g/mol. The predicted molar refractivity (Wildman–Crippen MR) is 55.8 cm³/mol. The molecule has 0 spiro atoms. The number of nitrogen functional groups attached to an aromatic ring is 1. The van der Waals surface area contributed by atoms with Crippen LogP contribution in [0.3, 0.4) is 0 Å². The average Bonchev–Trinajstić information content (AvgIpc) is 2.14. The molecule has 78 valence electrons. The fraction of sp³-hybridized carbons (Fsp3) is 0.556. The van der Waals surface area contributed by atoms with E-state index in [2.05, 4.69) is 15.3 Å². The summed E-state index contributed by atoms with van der Waals surface area (Å²) in [4.78, 5) is 7.98. The molecule has 0 aliphatic rings. The molecule has 0 saturated carbocycles. The fourth-order valence-electron chi connectivity index (χ4n) is 1.17. The molecule has 1 rings (SSSR count). The molecule has 5 nitrogen and oxygen atoms in total. The monoisotopic (exact) mass is 196 g/mol. The highest BCUT2D eigenvalue weighted by Crippen LogP contribution is 2.07. The summed E-state index contributed by atoms with van der Waals surface area (Å²) in [7, 11) is 0. The number of hydrogen-bond acceptors (Lipinski definition) is 5. The lowest BCUT2D eigenvalue weighted by molar-refractivity contribution is 0.169. The van der Waals surface area contributed by atoms with Crippen LogP contribution in [-0.4, -0.2) is 27.2 Å². The second-order valence-corrected chi connectivity index (χ2v) is 3.20. The van der Waals surface area contributed by atoms with Crippen molar-refractivity contribution >= 4 is 11.8 Å². The van der Waals surface area contributed by atoms with E-state index in [1.54, 1.807) is 19.2 Å². The summed E-state index contributed by atoms with van der Waals surface area (Å²) in [6, 6.07) is 1.57. The molecule has 1 aromatic rings. The highest BCUT2D eigenvalue weighted by molar-refractivity contribution is 5.35. The van der Waals surface area contributed by atoms with Gasteiger partial charge in [-0.15, -0.1) is 0 Å². The van der Waals surface area contributed by atoms with E-state index in [0.29, 0.717) is 11.8 Å². The van der Waals surface area contributed by atoms with Gasteiger partial charge >= 0.3 is 0 Å². The molecule has 0 aliphatic carbocycles. The number of nitrogens with two attached hydrogens (primary N) is 1. The Bertz CT molecular complexity index is 290. The van der Waals surface area contributed by atoms with Crippen LogP contribution in [0.5, 0.6) is 0 Å². The van der Waals surface area contributed by atoms with Crippen molar-refractivity contribution in [2.24, 2.45) is 0 Å². The summed E-state index contributed by atoms with van der Waals surface area (Å²) in [5.41, 5.74) is 5.50. The van der Waals surface area contributed by atoms with Crippen LogP contribution in [0.1, 0.15) is 20.3 Å². The summed E-state index contributed by atoms with van der Waals surface area (Å²) >= 11 is 0. The molecule has 0 radical (unpaired) electrons. The van der Waals surface area contributed by atoms with Crippen LogP contribution < -0.4 is 11.1 Å². The Labute approximate surface area is 83.4 Å². The molecule has 0 fully saturated rings. The first-order valence-electron chi connectivity index (χ1n) is 4.66. The topological polar surface area (TPSA) is 84.1 Å². The van der Waals surface area contributed by atoms with Crippen LogP contribution in [0.2, 0.25) is 0 Å². The van der Waals surface area contributed by atoms with E-state index < -0.39 is 6.10 Å². The van der Waals surface area contributed by atoms with Crippen molar-refractivity contribution in [3.05, 3.63) is 12.3 Å². The molecule has 0 bridgehead atoms. The number of aliphatic hydroxyl groups excluding tert-OH is 1. The van der Waals surface area contributed by atoms with Gasteiger partial charge < -0.3 is 16.2 Å². The van der Waals surface area contributed by atoms with Crippen molar-refractivity contribution in [3.63, 3.8) is 0 Å². The van der Waals surface area contributed by atoms with Gasteiger partial charge in [-0.1, -0.05) is 6.92 Å². The van der Waals surface area contributed by atoms with E-state index in [0.717, 1.165) is 6.42 Å². The van der Waals surface area contributed by atoms with E-state index in [9.17, 15) is 5.11 Å². The van der Waals surface area contributed by atoms with Gasteiger partial charge in [0.2, 0.25) is 5.95 Å². The molecule has 5 heteroatoms. The molecular formula is C9H16N4O. The smallest absolute Gasteiger partial charge is 0.224 e. The minimum absolute atomic E-state index is 0.0446. The highest BCUT2D eigenvalue weighted by atomic mass is 16.3. The minimum atomic E-state index is -0.440. The number of nitrogens with zero attached hydrogens (tertiary/aromatic N) is 2. The molecule has 4 N–H and O–H groups in total. The summed E-state index contributed by atoms with van der Waals surface area (Å²) in [5, 5.41) is 12.4. The van der Waals surface area contributed by atoms with Crippen molar-refractivity contribution in [3.8, 4) is 0 Å². The Hall–Kier alpha value is -1.36. The molecule has 0 saturated heterocycles. The lowest BCUT2D eigenvalue weighted by atomic mass is 10.1. The molecule has 1 heterocycles. The van der Waals surface area contributed by atoms with Gasteiger partial charge in [0, 0.05) is 6.20 Å². The van der Waals surface area contributed by atoms with Crippen molar-refractivity contribution in [1.29, 1.82) is 0 Å². The first kappa shape index (κ1) is 10.7. The third-order valence-corrected chi connectivity index (χ3v) is 2.01. The number of aliphatic hydroxyl groups is 1. The summed E-state index contributed by atoms with van der Waals surface area (Å²) in [6.45, 7) is 3.71. The Kier molecular flexibility index (Phi) is 3.64. The highest BCUT2D eigenvalue weighted by Gasteiger charge is 2.13. The zero-order chi connectivity index (χ0) is 10.6. The summed E-state index contributed by atoms with van der Waals surface area (Å²) in [6.07, 6.45) is 1.94. The Balaban J connectivity index is 2.67. The molecule has 2 unspecified atom stereocenters. The molecule has 0 amide bonds. The van der Waals surface area contributed by atoms with Gasteiger partial charge in [0.05, 0.1) is 12.1 Å². The molecule has 1 aromatic heterocycles. The van der Waals surface area contributed by atoms with Crippen LogP contribution >= 0.6 is 0 Å². The first-order chi connectivity index (χ1) is 6.63. The summed E-state index contributed by atoms with van der Waals surface area (Å²) in [5.74, 6) is 0.876. The normalized spacial score (nSPS) is 14.8. The Morgan fingerprint density at radius 2 is 2.36 bits per heavy atom. The third-order valence-electron chi connectivity index (χ3n) is 2.01. The van der Waals surface area contributed by atoms with Gasteiger partial charge in [0.1, 0.15) is 5.82 Å². The van der Waals surface area contributed by atoms with E-state index in [-0.39, 0.29) is 6.04 Å². The third kappa shape index (κ3) is 2.85. The van der Waals surface area contributed by atoms with Gasteiger partial charge in [-0.2, -0.15) is 4.98 Å². The SMILES string of the molecule is CCC(Nc1nccc(N)n1)C(C)O.